The number of carbonyl (C=O) groups excluding carboxylic acids is 1. The van der Waals surface area contributed by atoms with Gasteiger partial charge in [0.1, 0.15) is 0 Å². The average Bonchev–Trinajstić information content (AvgIpc) is 2.68. The Labute approximate surface area is 149 Å². The molecule has 2 fully saturated rings. The fraction of sp³-hybridized carbons (Fsp3) is 0.632. The van der Waals surface area contributed by atoms with Crippen molar-refractivity contribution in [1.82, 2.24) is 9.80 Å². The van der Waals surface area contributed by atoms with Gasteiger partial charge in [0.25, 0.3) is 5.91 Å². The number of anilines is 1. The van der Waals surface area contributed by atoms with Crippen LogP contribution in [-0.4, -0.2) is 78.9 Å². The minimum atomic E-state index is -1.66. The van der Waals surface area contributed by atoms with E-state index in [1.807, 2.05) is 24.3 Å². The van der Waals surface area contributed by atoms with Gasteiger partial charge in [-0.3, -0.25) is 4.79 Å². The Bertz CT molecular complexity index is 587. The zero-order valence-corrected chi connectivity index (χ0v) is 15.0. The molecule has 25 heavy (non-hydrogen) atoms. The molecule has 0 radical (unpaired) electrons. The highest BCUT2D eigenvalue weighted by Gasteiger charge is 2.36. The highest BCUT2D eigenvalue weighted by Crippen LogP contribution is 2.26. The van der Waals surface area contributed by atoms with Crippen molar-refractivity contribution in [3.05, 3.63) is 29.8 Å². The summed E-state index contributed by atoms with van der Waals surface area (Å²) < 4.78 is 14.3. The van der Waals surface area contributed by atoms with E-state index in [1.54, 1.807) is 0 Å². The van der Waals surface area contributed by atoms with E-state index in [4.69, 9.17) is 0 Å². The number of rotatable bonds is 4. The lowest BCUT2D eigenvalue weighted by atomic mass is 9.95. The molecule has 0 spiro atoms. The second-order valence-electron chi connectivity index (χ2n) is 7.11. The van der Waals surface area contributed by atoms with Crippen LogP contribution in [0.5, 0.6) is 0 Å². The maximum absolute atomic E-state index is 14.3. The molecule has 1 aromatic carbocycles. The number of carbonyl (C=O) groups is 1. The lowest BCUT2D eigenvalue weighted by Gasteiger charge is -2.36. The van der Waals surface area contributed by atoms with Crippen LogP contribution in [0.3, 0.4) is 0 Å². The number of piperazine rings is 1. The lowest BCUT2D eigenvalue weighted by Crippen LogP contribution is -2.49. The molecule has 2 heterocycles. The van der Waals surface area contributed by atoms with Gasteiger partial charge in [0.05, 0.1) is 13.2 Å². The molecule has 2 aliphatic heterocycles. The molecular formula is C19H28FN3O2. The maximum Gasteiger partial charge on any atom is 0.253 e. The van der Waals surface area contributed by atoms with Crippen molar-refractivity contribution < 1.29 is 14.3 Å². The van der Waals surface area contributed by atoms with E-state index in [0.717, 1.165) is 38.4 Å². The van der Waals surface area contributed by atoms with Crippen molar-refractivity contribution in [2.45, 2.75) is 25.4 Å². The van der Waals surface area contributed by atoms with Gasteiger partial charge in [-0.1, -0.05) is 6.92 Å². The third-order valence-corrected chi connectivity index (χ3v) is 5.40. The Kier molecular flexibility index (Phi) is 5.59. The van der Waals surface area contributed by atoms with E-state index in [2.05, 4.69) is 16.7 Å². The van der Waals surface area contributed by atoms with Crippen molar-refractivity contribution in [1.29, 1.82) is 0 Å². The van der Waals surface area contributed by atoms with Gasteiger partial charge in [-0.05, 0) is 43.7 Å². The predicted octanol–water partition coefficient (Wildman–Crippen LogP) is 1.77. The van der Waals surface area contributed by atoms with Crippen molar-refractivity contribution in [3.8, 4) is 0 Å². The van der Waals surface area contributed by atoms with E-state index >= 15 is 0 Å². The molecule has 1 atom stereocenters. The van der Waals surface area contributed by atoms with Gasteiger partial charge in [-0.25, -0.2) is 4.39 Å². The molecule has 3 rings (SSSR count). The summed E-state index contributed by atoms with van der Waals surface area (Å²) in [5.74, 6) is -0.155. The van der Waals surface area contributed by atoms with Gasteiger partial charge in [-0.15, -0.1) is 0 Å². The molecule has 0 aliphatic carbocycles. The number of piperidine rings is 1. The molecule has 6 heteroatoms. The van der Waals surface area contributed by atoms with Crippen molar-refractivity contribution in [3.63, 3.8) is 0 Å². The molecule has 2 aliphatic rings. The van der Waals surface area contributed by atoms with Crippen LogP contribution in [0.2, 0.25) is 0 Å². The lowest BCUT2D eigenvalue weighted by molar-refractivity contribution is 0.00174. The molecule has 0 bridgehead atoms. The number of likely N-dealkylation sites (N-methyl/N-ethyl adjacent to an activating group) is 1. The van der Waals surface area contributed by atoms with Crippen molar-refractivity contribution in [2.75, 3.05) is 57.3 Å². The number of halogens is 1. The Morgan fingerprint density at radius 3 is 2.44 bits per heavy atom. The van der Waals surface area contributed by atoms with Crippen LogP contribution in [0.4, 0.5) is 10.1 Å². The van der Waals surface area contributed by atoms with Crippen LogP contribution < -0.4 is 4.90 Å². The first-order chi connectivity index (χ1) is 12.0. The van der Waals surface area contributed by atoms with Crippen LogP contribution in [0.15, 0.2) is 24.3 Å². The number of likely N-dealkylation sites (tertiary alicyclic amines) is 1. The third kappa shape index (κ3) is 4.12. The Morgan fingerprint density at radius 1 is 1.16 bits per heavy atom. The molecule has 2 saturated heterocycles. The SMILES string of the molecule is CCN1CCN(c2ccc(C(=O)N3CCCC(F)(CO)C3)cc2)CC1. The Morgan fingerprint density at radius 2 is 1.84 bits per heavy atom. The monoisotopic (exact) mass is 349 g/mol. The summed E-state index contributed by atoms with van der Waals surface area (Å²) in [5.41, 5.74) is 0.0477. The zero-order valence-electron chi connectivity index (χ0n) is 15.0. The molecule has 1 amide bonds. The summed E-state index contributed by atoms with van der Waals surface area (Å²) in [4.78, 5) is 18.9. The van der Waals surface area contributed by atoms with E-state index in [9.17, 15) is 14.3 Å². The fourth-order valence-corrected chi connectivity index (χ4v) is 3.71. The highest BCUT2D eigenvalue weighted by molar-refractivity contribution is 5.94. The number of nitrogens with zero attached hydrogens (tertiary/aromatic N) is 3. The van der Waals surface area contributed by atoms with Crippen molar-refractivity contribution >= 4 is 11.6 Å². The van der Waals surface area contributed by atoms with Gasteiger partial charge >= 0.3 is 0 Å². The first kappa shape index (κ1) is 18.1. The number of amides is 1. The number of alkyl halides is 1. The van der Waals surface area contributed by atoms with Crippen LogP contribution in [-0.2, 0) is 0 Å². The second-order valence-corrected chi connectivity index (χ2v) is 7.11. The summed E-state index contributed by atoms with van der Waals surface area (Å²) in [7, 11) is 0. The number of aliphatic hydroxyl groups is 1. The summed E-state index contributed by atoms with van der Waals surface area (Å²) in [6.07, 6.45) is 0.901. The van der Waals surface area contributed by atoms with Gasteiger partial charge in [-0.2, -0.15) is 0 Å². The topological polar surface area (TPSA) is 47.0 Å². The molecule has 5 nitrogen and oxygen atoms in total. The molecule has 1 unspecified atom stereocenters. The Balaban J connectivity index is 1.63. The predicted molar refractivity (Wildman–Crippen MR) is 96.8 cm³/mol. The fourth-order valence-electron chi connectivity index (χ4n) is 3.71. The second kappa shape index (κ2) is 7.70. The minimum Gasteiger partial charge on any atom is -0.393 e. The molecular weight excluding hydrogens is 321 g/mol. The van der Waals surface area contributed by atoms with Crippen LogP contribution in [0.25, 0.3) is 0 Å². The minimum absolute atomic E-state index is 0.0247. The standard InChI is InChI=1S/C19H28FN3O2/c1-2-21-10-12-22(13-11-21)17-6-4-16(5-7-17)18(25)23-9-3-8-19(20,14-23)15-24/h4-7,24H,2-3,8-15H2,1H3. The summed E-state index contributed by atoms with van der Waals surface area (Å²) >= 11 is 0. The molecule has 138 valence electrons. The average molecular weight is 349 g/mol. The number of hydrogen-bond donors (Lipinski definition) is 1. The number of hydrogen-bond acceptors (Lipinski definition) is 4. The van der Waals surface area contributed by atoms with Crippen LogP contribution in [0.1, 0.15) is 30.1 Å². The molecule has 1 N–H and O–H groups in total. The quantitative estimate of drug-likeness (QED) is 0.900. The van der Waals surface area contributed by atoms with Crippen LogP contribution in [0, 0.1) is 0 Å². The highest BCUT2D eigenvalue weighted by atomic mass is 19.1. The first-order valence-electron chi connectivity index (χ1n) is 9.21. The van der Waals surface area contributed by atoms with Gasteiger partial charge in [0.15, 0.2) is 5.67 Å². The number of benzene rings is 1. The largest absolute Gasteiger partial charge is 0.393 e. The van der Waals surface area contributed by atoms with Crippen LogP contribution >= 0.6 is 0 Å². The molecule has 1 aromatic rings. The molecule has 0 saturated carbocycles. The van der Waals surface area contributed by atoms with E-state index in [0.29, 0.717) is 24.9 Å². The normalized spacial score (nSPS) is 25.2. The summed E-state index contributed by atoms with van der Waals surface area (Å²) in [6.45, 7) is 7.37. The van der Waals surface area contributed by atoms with E-state index in [-0.39, 0.29) is 12.5 Å². The van der Waals surface area contributed by atoms with E-state index < -0.39 is 12.3 Å². The first-order valence-corrected chi connectivity index (χ1v) is 9.21. The number of aliphatic hydroxyl groups excluding tert-OH is 1. The molecule has 0 aromatic heterocycles. The maximum atomic E-state index is 14.3. The van der Waals surface area contributed by atoms with Gasteiger partial charge < -0.3 is 19.8 Å². The summed E-state index contributed by atoms with van der Waals surface area (Å²) in [6, 6.07) is 7.62. The van der Waals surface area contributed by atoms with Gasteiger partial charge in [0, 0.05) is 44.0 Å². The zero-order chi connectivity index (χ0) is 17.9. The van der Waals surface area contributed by atoms with Gasteiger partial charge in [0.2, 0.25) is 0 Å². The Hall–Kier alpha value is -1.66. The summed E-state index contributed by atoms with van der Waals surface area (Å²) in [5, 5.41) is 9.22. The van der Waals surface area contributed by atoms with E-state index in [1.165, 1.54) is 4.90 Å². The third-order valence-electron chi connectivity index (χ3n) is 5.40. The smallest absolute Gasteiger partial charge is 0.253 e. The van der Waals surface area contributed by atoms with Crippen molar-refractivity contribution in [2.24, 2.45) is 0 Å².